The predicted octanol–water partition coefficient (Wildman–Crippen LogP) is 3.65. The number of nitrogens with one attached hydrogen (secondary N) is 2. The number of halogens is 2. The molecule has 9 heteroatoms. The number of sulfonamides is 1. The highest BCUT2D eigenvalue weighted by molar-refractivity contribution is 14.0. The first-order chi connectivity index (χ1) is 12.3. The van der Waals surface area contributed by atoms with Crippen molar-refractivity contribution in [1.82, 2.24) is 10.2 Å². The molecule has 148 valence electrons. The van der Waals surface area contributed by atoms with Crippen molar-refractivity contribution < 1.29 is 8.42 Å². The largest absolute Gasteiger partial charge is 0.352 e. The smallest absolute Gasteiger partial charge is 0.229 e. The quantitative estimate of drug-likeness (QED) is 0.318. The molecule has 0 aliphatic heterocycles. The molecule has 0 saturated heterocycles. The van der Waals surface area contributed by atoms with E-state index in [4.69, 9.17) is 0 Å². The van der Waals surface area contributed by atoms with E-state index in [2.05, 4.69) is 37.0 Å². The van der Waals surface area contributed by atoms with E-state index >= 15 is 0 Å². The van der Waals surface area contributed by atoms with Crippen LogP contribution in [-0.4, -0.2) is 39.6 Å². The molecule has 2 rings (SSSR count). The number of para-hydroxylation sites is 1. The van der Waals surface area contributed by atoms with Gasteiger partial charge in [-0.3, -0.25) is 9.71 Å². The third-order valence-electron chi connectivity index (χ3n) is 3.69. The molecule has 0 saturated carbocycles. The van der Waals surface area contributed by atoms with Crippen LogP contribution >= 0.6 is 39.9 Å². The summed E-state index contributed by atoms with van der Waals surface area (Å²) in [5, 5.41) is 3.28. The minimum Gasteiger partial charge on any atom is -0.352 e. The van der Waals surface area contributed by atoms with Crippen LogP contribution in [0.15, 0.2) is 58.0 Å². The van der Waals surface area contributed by atoms with Gasteiger partial charge in [0.15, 0.2) is 5.96 Å². The minimum absolute atomic E-state index is 0. The van der Waals surface area contributed by atoms with E-state index in [-0.39, 0.29) is 24.0 Å². The Hall–Kier alpha value is -1.33. The summed E-state index contributed by atoms with van der Waals surface area (Å²) in [6.45, 7) is 1.13. The molecular formula is C18H24BrIN4O2S. The SMILES string of the molecule is CN=C(NCc1ccccc1NS(C)(=O)=O)N(C)Cc1ccccc1Br.I. The van der Waals surface area contributed by atoms with Gasteiger partial charge in [0.25, 0.3) is 0 Å². The lowest BCUT2D eigenvalue weighted by molar-refractivity contribution is 0.475. The average Bonchev–Trinajstić information content (AvgIpc) is 2.57. The molecule has 0 heterocycles. The highest BCUT2D eigenvalue weighted by Crippen LogP contribution is 2.18. The maximum Gasteiger partial charge on any atom is 0.229 e. The first-order valence-corrected chi connectivity index (χ1v) is 10.7. The summed E-state index contributed by atoms with van der Waals surface area (Å²) in [5.41, 5.74) is 2.55. The molecule has 0 aliphatic rings. The highest BCUT2D eigenvalue weighted by Gasteiger charge is 2.11. The summed E-state index contributed by atoms with van der Waals surface area (Å²) in [7, 11) is 0.346. The van der Waals surface area contributed by atoms with Gasteiger partial charge in [0.1, 0.15) is 0 Å². The summed E-state index contributed by atoms with van der Waals surface area (Å²) in [4.78, 5) is 6.32. The normalized spacial score (nSPS) is 11.5. The molecule has 0 atom stereocenters. The van der Waals surface area contributed by atoms with Crippen molar-refractivity contribution in [3.05, 3.63) is 64.1 Å². The van der Waals surface area contributed by atoms with Crippen molar-refractivity contribution in [3.8, 4) is 0 Å². The van der Waals surface area contributed by atoms with Gasteiger partial charge >= 0.3 is 0 Å². The Morgan fingerprint density at radius 1 is 1.11 bits per heavy atom. The fourth-order valence-corrected chi connectivity index (χ4v) is 3.50. The number of hydrogen-bond acceptors (Lipinski definition) is 3. The van der Waals surface area contributed by atoms with E-state index in [0.717, 1.165) is 27.8 Å². The Labute approximate surface area is 186 Å². The van der Waals surface area contributed by atoms with E-state index in [1.807, 2.05) is 42.3 Å². The van der Waals surface area contributed by atoms with Gasteiger partial charge < -0.3 is 10.2 Å². The first kappa shape index (κ1) is 23.7. The van der Waals surface area contributed by atoms with Crippen molar-refractivity contribution in [2.75, 3.05) is 25.1 Å². The van der Waals surface area contributed by atoms with E-state index in [1.165, 1.54) is 0 Å². The van der Waals surface area contributed by atoms with Crippen molar-refractivity contribution in [2.24, 2.45) is 4.99 Å². The number of nitrogens with zero attached hydrogens (tertiary/aromatic N) is 2. The Balaban J connectivity index is 0.00000364. The van der Waals surface area contributed by atoms with Crippen molar-refractivity contribution in [1.29, 1.82) is 0 Å². The number of aliphatic imine (C=N–C) groups is 1. The minimum atomic E-state index is -3.33. The van der Waals surface area contributed by atoms with E-state index < -0.39 is 10.0 Å². The fraction of sp³-hybridized carbons (Fsp3) is 0.278. The van der Waals surface area contributed by atoms with Gasteiger partial charge in [0.05, 0.1) is 11.9 Å². The van der Waals surface area contributed by atoms with Gasteiger partial charge in [-0.15, -0.1) is 24.0 Å². The second-order valence-electron chi connectivity index (χ2n) is 5.88. The molecule has 2 N–H and O–H groups in total. The molecule has 0 bridgehead atoms. The molecule has 0 fully saturated rings. The molecule has 0 aromatic heterocycles. The third-order valence-corrected chi connectivity index (χ3v) is 5.05. The van der Waals surface area contributed by atoms with Crippen LogP contribution in [0.3, 0.4) is 0 Å². The highest BCUT2D eigenvalue weighted by atomic mass is 127. The van der Waals surface area contributed by atoms with Crippen LogP contribution in [0.5, 0.6) is 0 Å². The Morgan fingerprint density at radius 2 is 1.70 bits per heavy atom. The van der Waals surface area contributed by atoms with Crippen LogP contribution in [0.2, 0.25) is 0 Å². The second-order valence-corrected chi connectivity index (χ2v) is 8.48. The van der Waals surface area contributed by atoms with Crippen LogP contribution in [0.4, 0.5) is 5.69 Å². The fourth-order valence-electron chi connectivity index (χ4n) is 2.49. The molecule has 0 aliphatic carbocycles. The number of guanidine groups is 1. The van der Waals surface area contributed by atoms with Crippen molar-refractivity contribution in [2.45, 2.75) is 13.1 Å². The van der Waals surface area contributed by atoms with E-state index in [0.29, 0.717) is 18.8 Å². The van der Waals surface area contributed by atoms with Gasteiger partial charge in [0.2, 0.25) is 10.0 Å². The van der Waals surface area contributed by atoms with Crippen LogP contribution < -0.4 is 10.0 Å². The zero-order valence-corrected chi connectivity index (χ0v) is 20.2. The Bertz CT molecular complexity index is 890. The van der Waals surface area contributed by atoms with Gasteiger partial charge in [-0.25, -0.2) is 8.42 Å². The van der Waals surface area contributed by atoms with Crippen LogP contribution in [0.25, 0.3) is 0 Å². The van der Waals surface area contributed by atoms with Gasteiger partial charge in [-0.05, 0) is 23.3 Å². The third kappa shape index (κ3) is 7.67. The summed E-state index contributed by atoms with van der Waals surface area (Å²) >= 11 is 3.56. The maximum atomic E-state index is 11.5. The molecular weight excluding hydrogens is 543 g/mol. The first-order valence-electron chi connectivity index (χ1n) is 8.01. The summed E-state index contributed by atoms with van der Waals surface area (Å²) in [6.07, 6.45) is 1.14. The zero-order chi connectivity index (χ0) is 19.2. The molecule has 0 spiro atoms. The standard InChI is InChI=1S/C18H23BrN4O2S.HI/c1-20-18(23(2)13-15-9-4-6-10-16(15)19)21-12-14-8-5-7-11-17(14)22-26(3,24)25;/h4-11,22H,12-13H2,1-3H3,(H,20,21);1H. The lowest BCUT2D eigenvalue weighted by atomic mass is 10.2. The molecule has 2 aromatic carbocycles. The number of benzene rings is 2. The summed E-state index contributed by atoms with van der Waals surface area (Å²) in [5.74, 6) is 0.718. The Morgan fingerprint density at radius 3 is 2.30 bits per heavy atom. The molecule has 6 nitrogen and oxygen atoms in total. The lowest BCUT2D eigenvalue weighted by Crippen LogP contribution is -2.38. The molecule has 27 heavy (non-hydrogen) atoms. The van der Waals surface area contributed by atoms with Crippen molar-refractivity contribution >= 4 is 61.6 Å². The molecule has 0 unspecified atom stereocenters. The Kier molecular flexibility index (Phi) is 9.54. The molecule has 0 radical (unpaired) electrons. The van der Waals surface area contributed by atoms with E-state index in [9.17, 15) is 8.42 Å². The van der Waals surface area contributed by atoms with E-state index in [1.54, 1.807) is 19.2 Å². The second kappa shape index (κ2) is 10.9. The number of anilines is 1. The van der Waals surface area contributed by atoms with Gasteiger partial charge in [0, 0.05) is 31.7 Å². The summed E-state index contributed by atoms with van der Waals surface area (Å²) < 4.78 is 26.6. The van der Waals surface area contributed by atoms with Crippen LogP contribution in [-0.2, 0) is 23.1 Å². The van der Waals surface area contributed by atoms with Crippen LogP contribution in [0.1, 0.15) is 11.1 Å². The van der Waals surface area contributed by atoms with Crippen LogP contribution in [0, 0.1) is 0 Å². The number of rotatable bonds is 6. The topological polar surface area (TPSA) is 73.8 Å². The monoisotopic (exact) mass is 566 g/mol. The molecule has 2 aromatic rings. The summed E-state index contributed by atoms with van der Waals surface area (Å²) in [6, 6.07) is 15.3. The predicted molar refractivity (Wildman–Crippen MR) is 126 cm³/mol. The molecule has 0 amide bonds. The number of hydrogen-bond donors (Lipinski definition) is 2. The zero-order valence-electron chi connectivity index (χ0n) is 15.4. The van der Waals surface area contributed by atoms with Crippen molar-refractivity contribution in [3.63, 3.8) is 0 Å². The van der Waals surface area contributed by atoms with Gasteiger partial charge in [-0.1, -0.05) is 52.3 Å². The lowest BCUT2D eigenvalue weighted by Gasteiger charge is -2.23. The van der Waals surface area contributed by atoms with Gasteiger partial charge in [-0.2, -0.15) is 0 Å². The maximum absolute atomic E-state index is 11.5. The average molecular weight is 567 g/mol.